The maximum Gasteiger partial charge on any atom is 0.254 e. The Morgan fingerprint density at radius 1 is 1.59 bits per heavy atom. The first-order valence-electron chi connectivity index (χ1n) is 5.37. The van der Waals surface area contributed by atoms with Gasteiger partial charge in [-0.25, -0.2) is 0 Å². The lowest BCUT2D eigenvalue weighted by molar-refractivity contribution is 0.0718. The molecule has 0 spiro atoms. The second-order valence-corrected chi connectivity index (χ2v) is 3.58. The van der Waals surface area contributed by atoms with Crippen LogP contribution in [0.15, 0.2) is 36.9 Å². The Morgan fingerprint density at radius 2 is 2.35 bits per heavy atom. The van der Waals surface area contributed by atoms with Crippen molar-refractivity contribution < 1.29 is 14.6 Å². The highest BCUT2D eigenvalue weighted by molar-refractivity contribution is 5.94. The van der Waals surface area contributed by atoms with Gasteiger partial charge in [-0.15, -0.1) is 6.58 Å². The van der Waals surface area contributed by atoms with Gasteiger partial charge in [0.25, 0.3) is 5.91 Å². The summed E-state index contributed by atoms with van der Waals surface area (Å²) < 4.78 is 4.95. The molecule has 17 heavy (non-hydrogen) atoms. The minimum atomic E-state index is -0.141. The van der Waals surface area contributed by atoms with Crippen molar-refractivity contribution in [1.29, 1.82) is 0 Å². The van der Waals surface area contributed by atoms with E-state index in [9.17, 15) is 9.90 Å². The van der Waals surface area contributed by atoms with Crippen molar-refractivity contribution in [2.45, 2.75) is 0 Å². The Bertz CT molecular complexity index is 390. The van der Waals surface area contributed by atoms with Crippen LogP contribution in [0.25, 0.3) is 0 Å². The van der Waals surface area contributed by atoms with E-state index in [1.54, 1.807) is 30.2 Å². The van der Waals surface area contributed by atoms with Crippen molar-refractivity contribution in [3.63, 3.8) is 0 Å². The first-order valence-corrected chi connectivity index (χ1v) is 5.37. The van der Waals surface area contributed by atoms with E-state index >= 15 is 0 Å². The fourth-order valence-corrected chi connectivity index (χ4v) is 1.45. The van der Waals surface area contributed by atoms with Crippen LogP contribution in [-0.4, -0.2) is 42.7 Å². The SMILES string of the molecule is C=CCN(CCOC)C(=O)c1cccc(O)c1. The fraction of sp³-hybridized carbons (Fsp3) is 0.308. The van der Waals surface area contributed by atoms with E-state index in [2.05, 4.69) is 6.58 Å². The molecule has 0 aromatic heterocycles. The number of amides is 1. The maximum atomic E-state index is 12.1. The van der Waals surface area contributed by atoms with Gasteiger partial charge in [-0.2, -0.15) is 0 Å². The van der Waals surface area contributed by atoms with Crippen LogP contribution in [0.3, 0.4) is 0 Å². The van der Waals surface area contributed by atoms with E-state index < -0.39 is 0 Å². The fourth-order valence-electron chi connectivity index (χ4n) is 1.45. The Labute approximate surface area is 101 Å². The molecule has 0 atom stereocenters. The third-order valence-electron chi connectivity index (χ3n) is 2.30. The number of carbonyl (C=O) groups is 1. The molecule has 1 N–H and O–H groups in total. The largest absolute Gasteiger partial charge is 0.508 e. The Hall–Kier alpha value is -1.81. The number of hydrogen-bond acceptors (Lipinski definition) is 3. The van der Waals surface area contributed by atoms with Gasteiger partial charge < -0.3 is 14.7 Å². The lowest BCUT2D eigenvalue weighted by atomic mass is 10.2. The van der Waals surface area contributed by atoms with Crippen molar-refractivity contribution in [1.82, 2.24) is 4.90 Å². The first kappa shape index (κ1) is 13.3. The van der Waals surface area contributed by atoms with Crippen LogP contribution in [-0.2, 0) is 4.74 Å². The number of methoxy groups -OCH3 is 1. The van der Waals surface area contributed by atoms with Crippen molar-refractivity contribution in [2.75, 3.05) is 26.8 Å². The molecule has 0 bridgehead atoms. The summed E-state index contributed by atoms with van der Waals surface area (Å²) in [5, 5.41) is 9.33. The summed E-state index contributed by atoms with van der Waals surface area (Å²) in [4.78, 5) is 13.7. The quantitative estimate of drug-likeness (QED) is 0.763. The van der Waals surface area contributed by atoms with Gasteiger partial charge in [0, 0.05) is 25.8 Å². The van der Waals surface area contributed by atoms with Gasteiger partial charge in [-0.1, -0.05) is 12.1 Å². The van der Waals surface area contributed by atoms with Crippen LogP contribution in [0.4, 0.5) is 0 Å². The first-order chi connectivity index (χ1) is 8.19. The average molecular weight is 235 g/mol. The number of benzene rings is 1. The van der Waals surface area contributed by atoms with Gasteiger partial charge in [-0.3, -0.25) is 4.79 Å². The van der Waals surface area contributed by atoms with Crippen molar-refractivity contribution in [3.05, 3.63) is 42.5 Å². The third-order valence-corrected chi connectivity index (χ3v) is 2.30. The molecule has 0 fully saturated rings. The lowest BCUT2D eigenvalue weighted by Gasteiger charge is -2.20. The molecular formula is C13H17NO3. The molecule has 1 amide bonds. The second kappa shape index (κ2) is 6.70. The van der Waals surface area contributed by atoms with Crippen LogP contribution in [0.5, 0.6) is 5.75 Å². The molecule has 1 aromatic rings. The summed E-state index contributed by atoms with van der Waals surface area (Å²) in [6.45, 7) is 5.04. The molecule has 0 aliphatic carbocycles. The number of phenols is 1. The molecule has 0 aliphatic rings. The van der Waals surface area contributed by atoms with Crippen molar-refractivity contribution >= 4 is 5.91 Å². The normalized spacial score (nSPS) is 9.94. The molecule has 1 rings (SSSR count). The summed E-state index contributed by atoms with van der Waals surface area (Å²) in [6.07, 6.45) is 1.66. The standard InChI is InChI=1S/C13H17NO3/c1-3-7-14(8-9-17-2)13(16)11-5-4-6-12(15)10-11/h3-6,10,15H,1,7-9H2,2H3. The average Bonchev–Trinajstić information content (AvgIpc) is 2.33. The van der Waals surface area contributed by atoms with Crippen LogP contribution in [0, 0.1) is 0 Å². The number of hydrogen-bond donors (Lipinski definition) is 1. The van der Waals surface area contributed by atoms with E-state index in [0.29, 0.717) is 25.3 Å². The number of rotatable bonds is 6. The van der Waals surface area contributed by atoms with E-state index in [1.165, 1.54) is 12.1 Å². The van der Waals surface area contributed by atoms with Gasteiger partial charge in [0.1, 0.15) is 5.75 Å². The van der Waals surface area contributed by atoms with Crippen LogP contribution < -0.4 is 0 Å². The zero-order chi connectivity index (χ0) is 12.7. The van der Waals surface area contributed by atoms with E-state index in [1.807, 2.05) is 0 Å². The van der Waals surface area contributed by atoms with E-state index in [0.717, 1.165) is 0 Å². The van der Waals surface area contributed by atoms with Gasteiger partial charge >= 0.3 is 0 Å². The number of nitrogens with zero attached hydrogens (tertiary/aromatic N) is 1. The van der Waals surface area contributed by atoms with Crippen LogP contribution in [0.1, 0.15) is 10.4 Å². The van der Waals surface area contributed by atoms with Gasteiger partial charge in [-0.05, 0) is 18.2 Å². The summed E-state index contributed by atoms with van der Waals surface area (Å²) in [5.74, 6) is -0.0565. The zero-order valence-electron chi connectivity index (χ0n) is 9.93. The van der Waals surface area contributed by atoms with Gasteiger partial charge in [0.05, 0.1) is 6.61 Å². The molecule has 92 valence electrons. The highest BCUT2D eigenvalue weighted by atomic mass is 16.5. The maximum absolute atomic E-state index is 12.1. The number of carbonyl (C=O) groups excluding carboxylic acids is 1. The predicted octanol–water partition coefficient (Wildman–Crippen LogP) is 1.67. The van der Waals surface area contributed by atoms with Crippen molar-refractivity contribution in [2.24, 2.45) is 0 Å². The van der Waals surface area contributed by atoms with E-state index in [4.69, 9.17) is 4.74 Å². The number of ether oxygens (including phenoxy) is 1. The lowest BCUT2D eigenvalue weighted by Crippen LogP contribution is -2.34. The smallest absolute Gasteiger partial charge is 0.254 e. The Kier molecular flexibility index (Phi) is 5.23. The number of phenolic OH excluding ortho intramolecular Hbond substituents is 1. The van der Waals surface area contributed by atoms with Gasteiger partial charge in [0.15, 0.2) is 0 Å². The Balaban J connectivity index is 2.79. The minimum absolute atomic E-state index is 0.0844. The molecule has 0 saturated heterocycles. The molecular weight excluding hydrogens is 218 g/mol. The molecule has 4 nitrogen and oxygen atoms in total. The zero-order valence-corrected chi connectivity index (χ0v) is 9.93. The number of aromatic hydroxyl groups is 1. The van der Waals surface area contributed by atoms with Crippen LogP contribution in [0.2, 0.25) is 0 Å². The minimum Gasteiger partial charge on any atom is -0.508 e. The third kappa shape index (κ3) is 3.92. The summed E-state index contributed by atoms with van der Waals surface area (Å²) in [7, 11) is 1.59. The molecule has 0 saturated carbocycles. The summed E-state index contributed by atoms with van der Waals surface area (Å²) in [5.41, 5.74) is 0.461. The highest BCUT2D eigenvalue weighted by Crippen LogP contribution is 2.13. The Morgan fingerprint density at radius 3 is 2.94 bits per heavy atom. The van der Waals surface area contributed by atoms with Gasteiger partial charge in [0.2, 0.25) is 0 Å². The molecule has 0 aliphatic heterocycles. The highest BCUT2D eigenvalue weighted by Gasteiger charge is 2.14. The van der Waals surface area contributed by atoms with Crippen molar-refractivity contribution in [3.8, 4) is 5.75 Å². The molecule has 1 aromatic carbocycles. The van der Waals surface area contributed by atoms with E-state index in [-0.39, 0.29) is 11.7 Å². The predicted molar refractivity (Wildman–Crippen MR) is 66.1 cm³/mol. The molecule has 0 radical (unpaired) electrons. The molecule has 0 unspecified atom stereocenters. The molecule has 0 heterocycles. The second-order valence-electron chi connectivity index (χ2n) is 3.58. The summed E-state index contributed by atoms with van der Waals surface area (Å²) in [6, 6.07) is 6.30. The topological polar surface area (TPSA) is 49.8 Å². The molecule has 4 heteroatoms. The summed E-state index contributed by atoms with van der Waals surface area (Å²) >= 11 is 0. The van der Waals surface area contributed by atoms with Crippen LogP contribution >= 0.6 is 0 Å². The monoisotopic (exact) mass is 235 g/mol.